The Hall–Kier alpha value is -2.25. The van der Waals surface area contributed by atoms with Gasteiger partial charge in [-0.25, -0.2) is 0 Å². The molecule has 0 aliphatic carbocycles. The van der Waals surface area contributed by atoms with Crippen LogP contribution in [-0.2, 0) is 9.53 Å². The van der Waals surface area contributed by atoms with Crippen LogP contribution in [0.1, 0.15) is 25.6 Å². The molecule has 0 bridgehead atoms. The SMILES string of the molecule is CC(C)C(=N)/C=C(\N)C(=O)Nc1ccc([C@H]2CNCCO2)nc1. The van der Waals surface area contributed by atoms with E-state index in [9.17, 15) is 4.79 Å². The maximum absolute atomic E-state index is 12.0. The highest BCUT2D eigenvalue weighted by Crippen LogP contribution is 2.18. The molecule has 1 aliphatic rings. The molecule has 1 aliphatic heterocycles. The number of carbonyl (C=O) groups is 1. The topological polar surface area (TPSA) is 113 Å². The molecule has 1 aromatic rings. The van der Waals surface area contributed by atoms with Gasteiger partial charge in [0.15, 0.2) is 0 Å². The summed E-state index contributed by atoms with van der Waals surface area (Å²) in [5.74, 6) is -0.424. The van der Waals surface area contributed by atoms with Gasteiger partial charge in [-0.2, -0.15) is 0 Å². The zero-order valence-corrected chi connectivity index (χ0v) is 13.4. The van der Waals surface area contributed by atoms with E-state index in [0.717, 1.165) is 18.8 Å². The van der Waals surface area contributed by atoms with Crippen LogP contribution in [0.4, 0.5) is 5.69 Å². The van der Waals surface area contributed by atoms with Crippen LogP contribution in [0, 0.1) is 11.3 Å². The second-order valence-corrected chi connectivity index (χ2v) is 5.70. The smallest absolute Gasteiger partial charge is 0.271 e. The molecular formula is C16H23N5O2. The summed E-state index contributed by atoms with van der Waals surface area (Å²) in [6.07, 6.45) is 2.89. The van der Waals surface area contributed by atoms with Crippen molar-refractivity contribution >= 4 is 17.3 Å². The van der Waals surface area contributed by atoms with Crippen LogP contribution in [0.25, 0.3) is 0 Å². The van der Waals surface area contributed by atoms with E-state index in [1.165, 1.54) is 6.08 Å². The summed E-state index contributed by atoms with van der Waals surface area (Å²) in [6.45, 7) is 5.98. The van der Waals surface area contributed by atoms with E-state index in [2.05, 4.69) is 15.6 Å². The third-order valence-corrected chi connectivity index (χ3v) is 3.50. The predicted octanol–water partition coefficient (Wildman–Crippen LogP) is 1.20. The number of nitrogens with two attached hydrogens (primary N) is 1. The van der Waals surface area contributed by atoms with Crippen LogP contribution >= 0.6 is 0 Å². The van der Waals surface area contributed by atoms with E-state index in [1.807, 2.05) is 19.9 Å². The van der Waals surface area contributed by atoms with Gasteiger partial charge in [0.05, 0.1) is 29.9 Å². The van der Waals surface area contributed by atoms with Crippen molar-refractivity contribution in [1.82, 2.24) is 10.3 Å². The number of carbonyl (C=O) groups excluding carboxylic acids is 1. The van der Waals surface area contributed by atoms with Gasteiger partial charge in [0.2, 0.25) is 0 Å². The van der Waals surface area contributed by atoms with Crippen LogP contribution in [0.15, 0.2) is 30.1 Å². The Morgan fingerprint density at radius 1 is 1.57 bits per heavy atom. The number of hydrogen-bond donors (Lipinski definition) is 4. The lowest BCUT2D eigenvalue weighted by Crippen LogP contribution is -2.33. The highest BCUT2D eigenvalue weighted by molar-refractivity contribution is 6.08. The summed E-state index contributed by atoms with van der Waals surface area (Å²) >= 11 is 0. The van der Waals surface area contributed by atoms with Gasteiger partial charge in [-0.3, -0.25) is 9.78 Å². The molecule has 2 rings (SSSR count). The highest BCUT2D eigenvalue weighted by Gasteiger charge is 2.17. The molecule has 0 saturated carbocycles. The molecule has 2 heterocycles. The number of aromatic nitrogens is 1. The summed E-state index contributed by atoms with van der Waals surface area (Å²) in [7, 11) is 0. The largest absolute Gasteiger partial charge is 0.394 e. The Bertz CT molecular complexity index is 589. The van der Waals surface area contributed by atoms with Crippen molar-refractivity contribution in [3.8, 4) is 0 Å². The molecule has 1 atom stereocenters. The molecule has 0 spiro atoms. The van der Waals surface area contributed by atoms with E-state index < -0.39 is 5.91 Å². The predicted molar refractivity (Wildman–Crippen MR) is 89.3 cm³/mol. The first-order valence-corrected chi connectivity index (χ1v) is 7.62. The van der Waals surface area contributed by atoms with Gasteiger partial charge >= 0.3 is 0 Å². The number of ether oxygens (including phenoxy) is 1. The molecule has 1 amide bonds. The standard InChI is InChI=1S/C16H23N5O2/c1-10(2)12(17)7-13(18)16(22)21-11-3-4-14(20-8-11)15-9-19-5-6-23-15/h3-4,7-8,10,15,17,19H,5-6,9,18H2,1-2H3,(H,21,22)/b13-7-,17-12?/t15-/m1/s1. The summed E-state index contributed by atoms with van der Waals surface area (Å²) in [5, 5.41) is 13.6. The van der Waals surface area contributed by atoms with Crippen molar-refractivity contribution < 1.29 is 9.53 Å². The first-order valence-electron chi connectivity index (χ1n) is 7.62. The maximum Gasteiger partial charge on any atom is 0.271 e. The van der Waals surface area contributed by atoms with Crippen molar-refractivity contribution in [2.45, 2.75) is 20.0 Å². The van der Waals surface area contributed by atoms with Gasteiger partial charge in [0.25, 0.3) is 5.91 Å². The minimum atomic E-state index is -0.444. The Balaban J connectivity index is 1.97. The van der Waals surface area contributed by atoms with Crippen LogP contribution < -0.4 is 16.4 Å². The first-order chi connectivity index (χ1) is 11.0. The number of pyridine rings is 1. The monoisotopic (exact) mass is 317 g/mol. The normalized spacial score (nSPS) is 18.7. The number of anilines is 1. The van der Waals surface area contributed by atoms with Gasteiger partial charge in [-0.15, -0.1) is 0 Å². The fourth-order valence-corrected chi connectivity index (χ4v) is 2.03. The zero-order valence-electron chi connectivity index (χ0n) is 13.4. The molecule has 23 heavy (non-hydrogen) atoms. The van der Waals surface area contributed by atoms with Gasteiger partial charge in [0.1, 0.15) is 6.10 Å². The van der Waals surface area contributed by atoms with Crippen LogP contribution in [-0.4, -0.2) is 36.3 Å². The molecule has 0 unspecified atom stereocenters. The van der Waals surface area contributed by atoms with E-state index in [1.54, 1.807) is 12.3 Å². The lowest BCUT2D eigenvalue weighted by Gasteiger charge is -2.23. The van der Waals surface area contributed by atoms with E-state index >= 15 is 0 Å². The average Bonchev–Trinajstić information content (AvgIpc) is 2.56. The number of hydrogen-bond acceptors (Lipinski definition) is 6. The molecule has 7 heteroatoms. The van der Waals surface area contributed by atoms with Crippen molar-refractivity contribution in [2.75, 3.05) is 25.0 Å². The number of amides is 1. The number of morpholine rings is 1. The molecule has 5 N–H and O–H groups in total. The van der Waals surface area contributed by atoms with Crippen molar-refractivity contribution in [1.29, 1.82) is 5.41 Å². The number of nitrogens with one attached hydrogen (secondary N) is 3. The lowest BCUT2D eigenvalue weighted by molar-refractivity contribution is -0.112. The Morgan fingerprint density at radius 3 is 2.91 bits per heavy atom. The average molecular weight is 317 g/mol. The second kappa shape index (κ2) is 7.85. The molecule has 0 aromatic carbocycles. The molecular weight excluding hydrogens is 294 g/mol. The second-order valence-electron chi connectivity index (χ2n) is 5.70. The van der Waals surface area contributed by atoms with Crippen LogP contribution in [0.3, 0.4) is 0 Å². The summed E-state index contributed by atoms with van der Waals surface area (Å²) < 4.78 is 5.62. The summed E-state index contributed by atoms with van der Waals surface area (Å²) in [6, 6.07) is 3.59. The van der Waals surface area contributed by atoms with Gasteiger partial charge in [-0.1, -0.05) is 13.8 Å². The van der Waals surface area contributed by atoms with Crippen molar-refractivity contribution in [2.24, 2.45) is 11.7 Å². The minimum absolute atomic E-state index is 0.00703. The van der Waals surface area contributed by atoms with Crippen LogP contribution in [0.5, 0.6) is 0 Å². The van der Waals surface area contributed by atoms with Crippen molar-refractivity contribution in [3.63, 3.8) is 0 Å². The lowest BCUT2D eigenvalue weighted by atomic mass is 10.1. The highest BCUT2D eigenvalue weighted by atomic mass is 16.5. The molecule has 1 saturated heterocycles. The van der Waals surface area contributed by atoms with E-state index in [0.29, 0.717) is 18.0 Å². The summed E-state index contributed by atoms with van der Waals surface area (Å²) in [5.41, 5.74) is 7.40. The van der Waals surface area contributed by atoms with Crippen molar-refractivity contribution in [3.05, 3.63) is 35.8 Å². The van der Waals surface area contributed by atoms with Gasteiger partial charge in [-0.05, 0) is 24.1 Å². The molecule has 124 valence electrons. The summed E-state index contributed by atoms with van der Waals surface area (Å²) in [4.78, 5) is 16.3. The minimum Gasteiger partial charge on any atom is -0.394 e. The first kappa shape index (κ1) is 17.1. The quantitative estimate of drug-likeness (QED) is 0.481. The zero-order chi connectivity index (χ0) is 16.8. The van der Waals surface area contributed by atoms with E-state index in [4.69, 9.17) is 15.9 Å². The van der Waals surface area contributed by atoms with Crippen LogP contribution in [0.2, 0.25) is 0 Å². The number of rotatable bonds is 5. The van der Waals surface area contributed by atoms with Gasteiger partial charge in [0, 0.05) is 18.8 Å². The van der Waals surface area contributed by atoms with Gasteiger partial charge < -0.3 is 26.5 Å². The fourth-order valence-electron chi connectivity index (χ4n) is 2.03. The molecule has 0 radical (unpaired) electrons. The number of nitrogens with zero attached hydrogens (tertiary/aromatic N) is 1. The number of allylic oxidation sites excluding steroid dienone is 1. The van der Waals surface area contributed by atoms with E-state index in [-0.39, 0.29) is 17.7 Å². The fraction of sp³-hybridized carbons (Fsp3) is 0.438. The molecule has 1 fully saturated rings. The Kier molecular flexibility index (Phi) is 5.84. The Labute approximate surface area is 135 Å². The molecule has 7 nitrogen and oxygen atoms in total. The third-order valence-electron chi connectivity index (χ3n) is 3.50. The third kappa shape index (κ3) is 4.87. The molecule has 1 aromatic heterocycles. The Morgan fingerprint density at radius 2 is 2.35 bits per heavy atom. The maximum atomic E-state index is 12.0.